The molecule has 0 aliphatic carbocycles. The summed E-state index contributed by atoms with van der Waals surface area (Å²) in [4.78, 5) is 12.4. The first kappa shape index (κ1) is 19.1. The van der Waals surface area contributed by atoms with E-state index < -0.39 is 9.84 Å². The van der Waals surface area contributed by atoms with E-state index >= 15 is 0 Å². The van der Waals surface area contributed by atoms with Crippen LogP contribution in [0.3, 0.4) is 0 Å². The molecule has 0 heterocycles. The van der Waals surface area contributed by atoms with Crippen LogP contribution in [0.4, 0.5) is 5.69 Å². The maximum Gasteiger partial charge on any atom is 0.238 e. The van der Waals surface area contributed by atoms with Crippen LogP contribution in [0.1, 0.15) is 25.5 Å². The highest BCUT2D eigenvalue weighted by atomic mass is 32.2. The zero-order valence-corrected chi connectivity index (χ0v) is 15.5. The molecule has 1 atom stereocenters. The summed E-state index contributed by atoms with van der Waals surface area (Å²) in [5.41, 5.74) is 1.60. The second kappa shape index (κ2) is 8.27. The summed E-state index contributed by atoms with van der Waals surface area (Å²) in [7, 11) is -3.30. The van der Waals surface area contributed by atoms with Crippen molar-refractivity contribution in [3.8, 4) is 0 Å². The summed E-state index contributed by atoms with van der Waals surface area (Å²) in [6.45, 7) is 4.33. The number of anilines is 1. The van der Waals surface area contributed by atoms with Crippen molar-refractivity contribution in [3.63, 3.8) is 0 Å². The van der Waals surface area contributed by atoms with Crippen LogP contribution in [0.25, 0.3) is 0 Å². The van der Waals surface area contributed by atoms with Gasteiger partial charge < -0.3 is 10.6 Å². The molecule has 0 saturated heterocycles. The van der Waals surface area contributed by atoms with E-state index in [9.17, 15) is 13.2 Å². The van der Waals surface area contributed by atoms with E-state index in [4.69, 9.17) is 0 Å². The highest BCUT2D eigenvalue weighted by Gasteiger charge is 2.16. The molecule has 0 aliphatic rings. The summed E-state index contributed by atoms with van der Waals surface area (Å²) >= 11 is 0. The zero-order chi connectivity index (χ0) is 18.4. The average Bonchev–Trinajstić information content (AvgIpc) is 2.55. The number of hydrogen-bond donors (Lipinski definition) is 2. The Kier molecular flexibility index (Phi) is 6.33. The summed E-state index contributed by atoms with van der Waals surface area (Å²) in [5.74, 6) is 0.107. The summed E-state index contributed by atoms with van der Waals surface area (Å²) in [6, 6.07) is 16.3. The Morgan fingerprint density at radius 1 is 1.04 bits per heavy atom. The molecule has 2 rings (SSSR count). The summed E-state index contributed by atoms with van der Waals surface area (Å²) < 4.78 is 23.2. The minimum Gasteiger partial charge on any atom is -0.325 e. The zero-order valence-electron chi connectivity index (χ0n) is 14.7. The van der Waals surface area contributed by atoms with E-state index in [1.807, 2.05) is 30.3 Å². The van der Waals surface area contributed by atoms with Gasteiger partial charge in [0, 0.05) is 18.0 Å². The van der Waals surface area contributed by atoms with Gasteiger partial charge >= 0.3 is 0 Å². The highest BCUT2D eigenvalue weighted by Crippen LogP contribution is 2.21. The van der Waals surface area contributed by atoms with E-state index in [2.05, 4.69) is 24.5 Å². The lowest BCUT2D eigenvalue weighted by Crippen LogP contribution is -2.33. The van der Waals surface area contributed by atoms with Crippen LogP contribution in [-0.4, -0.2) is 27.1 Å². The van der Waals surface area contributed by atoms with Gasteiger partial charge in [0.05, 0.1) is 11.4 Å². The molecular formula is C19H24N2O3S. The molecule has 2 aromatic carbocycles. The average molecular weight is 360 g/mol. The molecule has 0 aliphatic heterocycles. The molecule has 1 amide bonds. The van der Waals surface area contributed by atoms with Crippen molar-refractivity contribution in [1.29, 1.82) is 0 Å². The van der Waals surface area contributed by atoms with Gasteiger partial charge in [0.15, 0.2) is 9.84 Å². The third-order valence-corrected chi connectivity index (χ3v) is 4.96. The molecule has 5 nitrogen and oxygen atoms in total. The van der Waals surface area contributed by atoms with Crippen LogP contribution in [0.2, 0.25) is 0 Å². The SMILES string of the molecule is CC(C)[C@H](NCC(=O)Nc1cccc(S(C)(=O)=O)c1)c1ccccc1. The lowest BCUT2D eigenvalue weighted by Gasteiger charge is -2.22. The first-order valence-corrected chi connectivity index (χ1v) is 10.0. The first-order chi connectivity index (χ1) is 11.8. The number of carbonyl (C=O) groups excluding carboxylic acids is 1. The molecule has 2 N–H and O–H groups in total. The van der Waals surface area contributed by atoms with Gasteiger partial charge in [-0.05, 0) is 29.7 Å². The van der Waals surface area contributed by atoms with Crippen molar-refractivity contribution in [3.05, 3.63) is 60.2 Å². The molecule has 0 saturated carbocycles. The van der Waals surface area contributed by atoms with Crippen molar-refractivity contribution in [1.82, 2.24) is 5.32 Å². The largest absolute Gasteiger partial charge is 0.325 e. The topological polar surface area (TPSA) is 75.3 Å². The van der Waals surface area contributed by atoms with Gasteiger partial charge in [-0.2, -0.15) is 0 Å². The summed E-state index contributed by atoms with van der Waals surface area (Å²) in [6.07, 6.45) is 1.14. The minimum atomic E-state index is -3.30. The quantitative estimate of drug-likeness (QED) is 0.796. The van der Waals surface area contributed by atoms with Crippen molar-refractivity contribution in [2.75, 3.05) is 18.1 Å². The molecular weight excluding hydrogens is 336 g/mol. The van der Waals surface area contributed by atoms with Crippen molar-refractivity contribution in [2.45, 2.75) is 24.8 Å². The third-order valence-electron chi connectivity index (χ3n) is 3.85. The molecule has 25 heavy (non-hydrogen) atoms. The van der Waals surface area contributed by atoms with Crippen LogP contribution in [0.5, 0.6) is 0 Å². The summed E-state index contributed by atoms with van der Waals surface area (Å²) in [5, 5.41) is 6.00. The van der Waals surface area contributed by atoms with Gasteiger partial charge in [-0.1, -0.05) is 50.2 Å². The Balaban J connectivity index is 2.00. The molecule has 0 bridgehead atoms. The Morgan fingerprint density at radius 3 is 2.32 bits per heavy atom. The van der Waals surface area contributed by atoms with E-state index in [-0.39, 0.29) is 23.4 Å². The normalized spacial score (nSPS) is 12.8. The molecule has 0 aromatic heterocycles. The van der Waals surface area contributed by atoms with Gasteiger partial charge in [0.1, 0.15) is 0 Å². The van der Waals surface area contributed by atoms with Crippen LogP contribution < -0.4 is 10.6 Å². The maximum atomic E-state index is 12.2. The molecule has 2 aromatic rings. The monoisotopic (exact) mass is 360 g/mol. The fourth-order valence-electron chi connectivity index (χ4n) is 2.61. The van der Waals surface area contributed by atoms with Crippen LogP contribution in [0.15, 0.2) is 59.5 Å². The van der Waals surface area contributed by atoms with Crippen molar-refractivity contribution < 1.29 is 13.2 Å². The van der Waals surface area contributed by atoms with E-state index in [0.717, 1.165) is 11.8 Å². The molecule has 0 fully saturated rings. The van der Waals surface area contributed by atoms with Gasteiger partial charge in [0.25, 0.3) is 0 Å². The van der Waals surface area contributed by atoms with Gasteiger partial charge in [-0.15, -0.1) is 0 Å². The molecule has 0 spiro atoms. The number of sulfone groups is 1. The maximum absolute atomic E-state index is 12.2. The van der Waals surface area contributed by atoms with Crippen LogP contribution in [-0.2, 0) is 14.6 Å². The smallest absolute Gasteiger partial charge is 0.238 e. The lowest BCUT2D eigenvalue weighted by molar-refractivity contribution is -0.115. The van der Waals surface area contributed by atoms with E-state index in [1.165, 1.54) is 12.1 Å². The number of carbonyl (C=O) groups is 1. The van der Waals surface area contributed by atoms with Crippen LogP contribution in [0, 0.1) is 5.92 Å². The van der Waals surface area contributed by atoms with Crippen molar-refractivity contribution in [2.24, 2.45) is 5.92 Å². The predicted molar refractivity (Wildman–Crippen MR) is 100 cm³/mol. The first-order valence-electron chi connectivity index (χ1n) is 8.15. The minimum absolute atomic E-state index is 0.0642. The number of rotatable bonds is 7. The van der Waals surface area contributed by atoms with Gasteiger partial charge in [-0.3, -0.25) is 4.79 Å². The van der Waals surface area contributed by atoms with E-state index in [0.29, 0.717) is 11.6 Å². The van der Waals surface area contributed by atoms with E-state index in [1.54, 1.807) is 12.1 Å². The Bertz CT molecular complexity index is 818. The van der Waals surface area contributed by atoms with Gasteiger partial charge in [-0.25, -0.2) is 8.42 Å². The molecule has 0 unspecified atom stereocenters. The number of benzene rings is 2. The lowest BCUT2D eigenvalue weighted by atomic mass is 9.96. The fraction of sp³-hybridized carbons (Fsp3) is 0.316. The highest BCUT2D eigenvalue weighted by molar-refractivity contribution is 7.90. The standard InChI is InChI=1S/C19H24N2O3S/c1-14(2)19(15-8-5-4-6-9-15)20-13-18(22)21-16-10-7-11-17(12-16)25(3,23)24/h4-12,14,19-20H,13H2,1-3H3,(H,21,22)/t19-/m0/s1. The molecule has 134 valence electrons. The number of nitrogens with one attached hydrogen (secondary N) is 2. The van der Waals surface area contributed by atoms with Gasteiger partial charge in [0.2, 0.25) is 5.91 Å². The Morgan fingerprint density at radius 2 is 1.72 bits per heavy atom. The second-order valence-electron chi connectivity index (χ2n) is 6.36. The van der Waals surface area contributed by atoms with Crippen molar-refractivity contribution >= 4 is 21.4 Å². The molecule has 6 heteroatoms. The third kappa shape index (κ3) is 5.69. The number of amides is 1. The number of hydrogen-bond acceptors (Lipinski definition) is 4. The fourth-order valence-corrected chi connectivity index (χ4v) is 3.28. The Labute approximate surface area is 149 Å². The molecule has 0 radical (unpaired) electrons. The van der Waals surface area contributed by atoms with Crippen LogP contribution >= 0.6 is 0 Å². The second-order valence-corrected chi connectivity index (χ2v) is 8.38. The Hall–Kier alpha value is -2.18. The predicted octanol–water partition coefficient (Wildman–Crippen LogP) is 3.02.